The molecule has 1 aromatic carbocycles. The fourth-order valence-electron chi connectivity index (χ4n) is 4.54. The van der Waals surface area contributed by atoms with Gasteiger partial charge in [0.2, 0.25) is 5.91 Å². The van der Waals surface area contributed by atoms with Crippen LogP contribution in [0.3, 0.4) is 0 Å². The third kappa shape index (κ3) is 4.53. The number of piperidine rings is 1. The van der Waals surface area contributed by atoms with Gasteiger partial charge in [0.25, 0.3) is 0 Å². The molecule has 3 aliphatic rings. The van der Waals surface area contributed by atoms with E-state index in [0.29, 0.717) is 11.8 Å². The van der Waals surface area contributed by atoms with Gasteiger partial charge in [0.05, 0.1) is 18.2 Å². The summed E-state index contributed by atoms with van der Waals surface area (Å²) in [5.41, 5.74) is 2.13. The van der Waals surface area contributed by atoms with Gasteiger partial charge in [-0.05, 0) is 68.5 Å². The summed E-state index contributed by atoms with van der Waals surface area (Å²) in [5.74, 6) is -0.693. The minimum Gasteiger partial charge on any atom is -0.475 e. The fourth-order valence-corrected chi connectivity index (χ4v) is 4.54. The molecule has 0 radical (unpaired) electrons. The highest BCUT2D eigenvalue weighted by Crippen LogP contribution is 2.49. The molecule has 9 heteroatoms. The highest BCUT2D eigenvalue weighted by Gasteiger charge is 2.52. The van der Waals surface area contributed by atoms with E-state index in [-0.39, 0.29) is 5.41 Å². The van der Waals surface area contributed by atoms with Gasteiger partial charge in [0.15, 0.2) is 0 Å². The molecule has 1 amide bonds. The normalized spacial score (nSPS) is 20.1. The Morgan fingerprint density at radius 3 is 2.34 bits per heavy atom. The Morgan fingerprint density at radius 1 is 1.12 bits per heavy atom. The zero-order valence-electron chi connectivity index (χ0n) is 17.5. The lowest BCUT2D eigenvalue weighted by atomic mass is 9.73. The van der Waals surface area contributed by atoms with Crippen molar-refractivity contribution in [1.29, 1.82) is 0 Å². The van der Waals surface area contributed by atoms with Crippen LogP contribution in [0.1, 0.15) is 37.0 Å². The summed E-state index contributed by atoms with van der Waals surface area (Å²) in [6, 6.07) is 12.4. The van der Waals surface area contributed by atoms with Crippen molar-refractivity contribution in [3.8, 4) is 0 Å². The number of nitrogens with zero attached hydrogens (tertiary/aromatic N) is 2. The number of likely N-dealkylation sites (tertiary alicyclic amines) is 1. The lowest BCUT2D eigenvalue weighted by molar-refractivity contribution is -0.192. The Labute approximate surface area is 183 Å². The number of furan rings is 1. The first-order chi connectivity index (χ1) is 15.2. The van der Waals surface area contributed by atoms with Crippen LogP contribution in [0.25, 0.3) is 0 Å². The largest absolute Gasteiger partial charge is 0.490 e. The number of benzene rings is 1. The minimum atomic E-state index is -5.08. The van der Waals surface area contributed by atoms with Crippen molar-refractivity contribution in [2.24, 2.45) is 5.92 Å². The van der Waals surface area contributed by atoms with Crippen molar-refractivity contribution in [3.63, 3.8) is 0 Å². The van der Waals surface area contributed by atoms with E-state index >= 15 is 0 Å². The fraction of sp³-hybridized carbons (Fsp3) is 0.478. The maximum Gasteiger partial charge on any atom is 0.490 e. The number of carbonyl (C=O) groups excluding carboxylic acids is 1. The Hall–Kier alpha value is -2.81. The predicted molar refractivity (Wildman–Crippen MR) is 110 cm³/mol. The molecular weight excluding hydrogens is 425 g/mol. The predicted octanol–water partition coefficient (Wildman–Crippen LogP) is 4.20. The van der Waals surface area contributed by atoms with Gasteiger partial charge in [-0.1, -0.05) is 18.2 Å². The van der Waals surface area contributed by atoms with Gasteiger partial charge in [-0.2, -0.15) is 13.2 Å². The van der Waals surface area contributed by atoms with Gasteiger partial charge < -0.3 is 14.4 Å². The average molecular weight is 450 g/mol. The third-order valence-corrected chi connectivity index (χ3v) is 6.41. The molecular formula is C23H25F3N2O4. The van der Waals surface area contributed by atoms with Crippen LogP contribution in [0.4, 0.5) is 18.9 Å². The second-order valence-corrected chi connectivity index (χ2v) is 8.62. The Morgan fingerprint density at radius 2 is 1.78 bits per heavy atom. The standard InChI is InChI=1S/C21H24N2O2.C2HF3O2/c24-20-21(9-11-22(12-10-21)15-17-4-3-13-25-17)18-5-1-2-6-19(18)23(20)14-16-7-8-16;3-2(4,5)1(6)7/h1-6,13,16H,7-12,14-15H2;(H,6,7). The molecule has 1 aromatic heterocycles. The number of halogens is 3. The first-order valence-corrected chi connectivity index (χ1v) is 10.7. The Kier molecular flexibility index (Phi) is 6.03. The van der Waals surface area contributed by atoms with E-state index in [2.05, 4.69) is 34.1 Å². The van der Waals surface area contributed by atoms with Crippen molar-refractivity contribution in [3.05, 3.63) is 54.0 Å². The molecule has 2 aromatic rings. The van der Waals surface area contributed by atoms with Crippen LogP contribution in [0.2, 0.25) is 0 Å². The van der Waals surface area contributed by atoms with Crippen molar-refractivity contribution < 1.29 is 32.3 Å². The molecule has 172 valence electrons. The average Bonchev–Trinajstić information content (AvgIpc) is 3.39. The molecule has 5 rings (SSSR count). The van der Waals surface area contributed by atoms with Crippen LogP contribution >= 0.6 is 0 Å². The monoisotopic (exact) mass is 450 g/mol. The summed E-state index contributed by atoms with van der Waals surface area (Å²) in [6.45, 7) is 3.63. The molecule has 0 bridgehead atoms. The number of anilines is 1. The number of rotatable bonds is 4. The van der Waals surface area contributed by atoms with Gasteiger partial charge >= 0.3 is 12.1 Å². The molecule has 0 atom stereocenters. The number of fused-ring (bicyclic) bond motifs is 2. The van der Waals surface area contributed by atoms with E-state index in [1.807, 2.05) is 12.1 Å². The maximum absolute atomic E-state index is 13.4. The molecule has 1 spiro atoms. The van der Waals surface area contributed by atoms with Gasteiger partial charge in [0.1, 0.15) is 5.76 Å². The Bertz CT molecular complexity index is 962. The second kappa shape index (κ2) is 8.61. The second-order valence-electron chi connectivity index (χ2n) is 8.62. The SMILES string of the molecule is O=C(O)C(F)(F)F.O=C1N(CC2CC2)c2ccccc2C12CCN(Cc1ccco1)CC2. The number of hydrogen-bond donors (Lipinski definition) is 1. The van der Waals surface area contributed by atoms with Crippen LogP contribution in [0, 0.1) is 5.92 Å². The number of carboxylic acids is 1. The van der Waals surface area contributed by atoms with Crippen molar-refractivity contribution >= 4 is 17.6 Å². The number of carbonyl (C=O) groups is 2. The lowest BCUT2D eigenvalue weighted by Gasteiger charge is -2.38. The summed E-state index contributed by atoms with van der Waals surface area (Å²) in [6.07, 6.45) is 1.01. The number of hydrogen-bond acceptors (Lipinski definition) is 4. The molecule has 0 unspecified atom stereocenters. The first kappa shape index (κ1) is 22.4. The van der Waals surface area contributed by atoms with Gasteiger partial charge in [-0.25, -0.2) is 4.79 Å². The molecule has 2 aliphatic heterocycles. The zero-order valence-corrected chi connectivity index (χ0v) is 17.5. The summed E-state index contributed by atoms with van der Waals surface area (Å²) < 4.78 is 37.2. The van der Waals surface area contributed by atoms with E-state index in [1.165, 1.54) is 24.1 Å². The molecule has 3 heterocycles. The van der Waals surface area contributed by atoms with Crippen molar-refractivity contribution in [2.45, 2.75) is 43.8 Å². The molecule has 2 fully saturated rings. The first-order valence-electron chi connectivity index (χ1n) is 10.7. The quantitative estimate of drug-likeness (QED) is 0.756. The summed E-state index contributed by atoms with van der Waals surface area (Å²) in [5, 5.41) is 7.12. The summed E-state index contributed by atoms with van der Waals surface area (Å²) in [7, 11) is 0. The van der Waals surface area contributed by atoms with Crippen LogP contribution in [0.15, 0.2) is 47.1 Å². The highest BCUT2D eigenvalue weighted by atomic mass is 19.4. The van der Waals surface area contributed by atoms with Crippen molar-refractivity contribution in [1.82, 2.24) is 4.90 Å². The smallest absolute Gasteiger partial charge is 0.475 e. The van der Waals surface area contributed by atoms with Gasteiger partial charge in [0, 0.05) is 12.2 Å². The minimum absolute atomic E-state index is 0.300. The summed E-state index contributed by atoms with van der Waals surface area (Å²) in [4.78, 5) is 26.8. The maximum atomic E-state index is 13.4. The van der Waals surface area contributed by atoms with E-state index in [1.54, 1.807) is 6.26 Å². The van der Waals surface area contributed by atoms with E-state index in [9.17, 15) is 18.0 Å². The van der Waals surface area contributed by atoms with Crippen LogP contribution in [0.5, 0.6) is 0 Å². The summed E-state index contributed by atoms with van der Waals surface area (Å²) >= 11 is 0. The van der Waals surface area contributed by atoms with Crippen molar-refractivity contribution in [2.75, 3.05) is 24.5 Å². The number of para-hydroxylation sites is 1. The van der Waals surface area contributed by atoms with Crippen LogP contribution in [-0.4, -0.2) is 47.7 Å². The topological polar surface area (TPSA) is 74.0 Å². The molecule has 1 N–H and O–H groups in total. The number of carboxylic acid groups (broad SMARTS) is 1. The molecule has 32 heavy (non-hydrogen) atoms. The number of amides is 1. The van der Waals surface area contributed by atoms with Gasteiger partial charge in [-0.15, -0.1) is 0 Å². The van der Waals surface area contributed by atoms with Gasteiger partial charge in [-0.3, -0.25) is 9.69 Å². The molecule has 1 aliphatic carbocycles. The lowest BCUT2D eigenvalue weighted by Crippen LogP contribution is -2.48. The van der Waals surface area contributed by atoms with Crippen LogP contribution < -0.4 is 4.90 Å². The van der Waals surface area contributed by atoms with Crippen LogP contribution in [-0.2, 0) is 21.5 Å². The molecule has 1 saturated carbocycles. The third-order valence-electron chi connectivity index (χ3n) is 6.41. The highest BCUT2D eigenvalue weighted by molar-refractivity contribution is 6.08. The van der Waals surface area contributed by atoms with E-state index in [0.717, 1.165) is 44.8 Å². The molecule has 1 saturated heterocycles. The molecule has 6 nitrogen and oxygen atoms in total. The Balaban J connectivity index is 0.000000307. The van der Waals surface area contributed by atoms with E-state index in [4.69, 9.17) is 14.3 Å². The zero-order chi connectivity index (χ0) is 22.9. The number of aliphatic carboxylic acids is 1. The number of alkyl halides is 3. The van der Waals surface area contributed by atoms with E-state index < -0.39 is 12.1 Å².